The van der Waals surface area contributed by atoms with Crippen molar-refractivity contribution >= 4 is 11.6 Å². The Bertz CT molecular complexity index is 600. The fourth-order valence-electron chi connectivity index (χ4n) is 2.81. The van der Waals surface area contributed by atoms with Gasteiger partial charge in [-0.25, -0.2) is 4.68 Å². The van der Waals surface area contributed by atoms with Gasteiger partial charge < -0.3 is 15.0 Å². The van der Waals surface area contributed by atoms with Gasteiger partial charge in [-0.15, -0.1) is 0 Å². The lowest BCUT2D eigenvalue weighted by molar-refractivity contribution is -0.125. The Hall–Kier alpha value is -1.89. The number of aromatic nitrogens is 2. The van der Waals surface area contributed by atoms with Gasteiger partial charge in [-0.3, -0.25) is 9.59 Å². The summed E-state index contributed by atoms with van der Waals surface area (Å²) in [6, 6.07) is 1.58. The first-order valence-corrected chi connectivity index (χ1v) is 8.65. The van der Waals surface area contributed by atoms with Gasteiger partial charge in [0.1, 0.15) is 0 Å². The number of nitrogens with one attached hydrogen (secondary N) is 1. The molecule has 1 aliphatic rings. The van der Waals surface area contributed by atoms with Crippen molar-refractivity contribution in [2.24, 2.45) is 13.0 Å². The standard InChI is InChI=1S/C17H28N4O3/c1-13(2)24-9-5-7-18-17(23)14-6-4-8-21(12-14)15-10-16(22)20(3)19-11-15/h10-11,13-14H,4-9,12H2,1-3H3,(H,18,23)/t14-/m0/s1. The number of anilines is 1. The lowest BCUT2D eigenvalue weighted by Gasteiger charge is -2.33. The van der Waals surface area contributed by atoms with Crippen molar-refractivity contribution in [3.05, 3.63) is 22.6 Å². The molecule has 1 aliphatic heterocycles. The topological polar surface area (TPSA) is 76.5 Å². The second kappa shape index (κ2) is 8.82. The quantitative estimate of drug-likeness (QED) is 0.750. The van der Waals surface area contributed by atoms with Crippen LogP contribution >= 0.6 is 0 Å². The summed E-state index contributed by atoms with van der Waals surface area (Å²) >= 11 is 0. The highest BCUT2D eigenvalue weighted by atomic mass is 16.5. The fourth-order valence-corrected chi connectivity index (χ4v) is 2.81. The van der Waals surface area contributed by atoms with Gasteiger partial charge in [0, 0.05) is 39.4 Å². The first-order valence-electron chi connectivity index (χ1n) is 8.65. The van der Waals surface area contributed by atoms with Crippen LogP contribution in [-0.4, -0.2) is 48.0 Å². The van der Waals surface area contributed by atoms with Crippen molar-refractivity contribution in [2.45, 2.75) is 39.2 Å². The fraction of sp³-hybridized carbons (Fsp3) is 0.706. The van der Waals surface area contributed by atoms with Gasteiger partial charge in [-0.1, -0.05) is 0 Å². The molecular weight excluding hydrogens is 308 g/mol. The van der Waals surface area contributed by atoms with Crippen LogP contribution in [0.5, 0.6) is 0 Å². The summed E-state index contributed by atoms with van der Waals surface area (Å²) in [6.07, 6.45) is 4.54. The van der Waals surface area contributed by atoms with Crippen molar-refractivity contribution in [3.63, 3.8) is 0 Å². The van der Waals surface area contributed by atoms with E-state index < -0.39 is 0 Å². The number of hydrogen-bond acceptors (Lipinski definition) is 5. The summed E-state index contributed by atoms with van der Waals surface area (Å²) in [5.74, 6) is 0.0369. The average Bonchev–Trinajstić information content (AvgIpc) is 2.56. The van der Waals surface area contributed by atoms with Crippen molar-refractivity contribution in [1.82, 2.24) is 15.1 Å². The van der Waals surface area contributed by atoms with Crippen LogP contribution in [0.2, 0.25) is 0 Å². The summed E-state index contributed by atoms with van der Waals surface area (Å²) in [6.45, 7) is 6.77. The van der Waals surface area contributed by atoms with E-state index in [1.54, 1.807) is 19.3 Å². The number of ether oxygens (including phenoxy) is 1. The number of rotatable bonds is 7. The maximum atomic E-state index is 12.3. The van der Waals surface area contributed by atoms with E-state index in [9.17, 15) is 9.59 Å². The Morgan fingerprint density at radius 1 is 1.50 bits per heavy atom. The van der Waals surface area contributed by atoms with Crippen molar-refractivity contribution in [3.8, 4) is 0 Å². The van der Waals surface area contributed by atoms with Crippen LogP contribution < -0.4 is 15.8 Å². The Morgan fingerprint density at radius 2 is 2.29 bits per heavy atom. The largest absolute Gasteiger partial charge is 0.379 e. The molecule has 0 bridgehead atoms. The predicted octanol–water partition coefficient (Wildman–Crippen LogP) is 0.928. The molecule has 2 heterocycles. The van der Waals surface area contributed by atoms with Crippen LogP contribution in [0.15, 0.2) is 17.1 Å². The number of carbonyl (C=O) groups is 1. The number of amides is 1. The van der Waals surface area contributed by atoms with Gasteiger partial charge in [-0.2, -0.15) is 5.10 Å². The van der Waals surface area contributed by atoms with E-state index in [1.165, 1.54) is 4.68 Å². The van der Waals surface area contributed by atoms with E-state index in [4.69, 9.17) is 4.74 Å². The average molecular weight is 336 g/mol. The van der Waals surface area contributed by atoms with Gasteiger partial charge in [0.15, 0.2) is 0 Å². The molecule has 0 aliphatic carbocycles. The molecule has 1 amide bonds. The van der Waals surface area contributed by atoms with Crippen LogP contribution in [0.1, 0.15) is 33.1 Å². The van der Waals surface area contributed by atoms with E-state index in [1.807, 2.05) is 13.8 Å². The Morgan fingerprint density at radius 3 is 3.00 bits per heavy atom. The highest BCUT2D eigenvalue weighted by Crippen LogP contribution is 2.21. The lowest BCUT2D eigenvalue weighted by Crippen LogP contribution is -2.43. The molecule has 7 nitrogen and oxygen atoms in total. The van der Waals surface area contributed by atoms with Crippen molar-refractivity contribution < 1.29 is 9.53 Å². The molecule has 1 saturated heterocycles. The van der Waals surface area contributed by atoms with E-state index in [0.29, 0.717) is 19.7 Å². The minimum Gasteiger partial charge on any atom is -0.379 e. The Labute approximate surface area is 143 Å². The van der Waals surface area contributed by atoms with Crippen LogP contribution in [0.4, 0.5) is 5.69 Å². The molecule has 0 unspecified atom stereocenters. The molecule has 0 saturated carbocycles. The normalized spacial score (nSPS) is 18.0. The monoisotopic (exact) mass is 336 g/mol. The molecular formula is C17H28N4O3. The number of hydrogen-bond donors (Lipinski definition) is 1. The first-order chi connectivity index (χ1) is 11.5. The molecule has 0 radical (unpaired) electrons. The SMILES string of the molecule is CC(C)OCCCNC(=O)[C@H]1CCCN(c2cnn(C)c(=O)c2)C1. The van der Waals surface area contributed by atoms with Gasteiger partial charge >= 0.3 is 0 Å². The summed E-state index contributed by atoms with van der Waals surface area (Å²) in [5, 5.41) is 7.05. The molecule has 1 atom stereocenters. The minimum absolute atomic E-state index is 0.0474. The van der Waals surface area contributed by atoms with Crippen molar-refractivity contribution in [1.29, 1.82) is 0 Å². The number of nitrogens with zero attached hydrogens (tertiary/aromatic N) is 3. The molecule has 24 heavy (non-hydrogen) atoms. The lowest BCUT2D eigenvalue weighted by atomic mass is 9.97. The maximum Gasteiger partial charge on any atom is 0.268 e. The van der Waals surface area contributed by atoms with E-state index in [-0.39, 0.29) is 23.5 Å². The first kappa shape index (κ1) is 18.4. The number of piperidine rings is 1. The third-order valence-electron chi connectivity index (χ3n) is 4.18. The molecule has 0 spiro atoms. The molecule has 1 aromatic rings. The van der Waals surface area contributed by atoms with E-state index in [0.717, 1.165) is 31.5 Å². The highest BCUT2D eigenvalue weighted by molar-refractivity contribution is 5.79. The molecule has 1 fully saturated rings. The maximum absolute atomic E-state index is 12.3. The minimum atomic E-state index is -0.135. The number of carbonyl (C=O) groups excluding carboxylic acids is 1. The Kier molecular flexibility index (Phi) is 6.78. The summed E-state index contributed by atoms with van der Waals surface area (Å²) in [4.78, 5) is 26.1. The summed E-state index contributed by atoms with van der Waals surface area (Å²) in [5.41, 5.74) is 0.658. The van der Waals surface area contributed by atoms with Crippen LogP contribution in [0.3, 0.4) is 0 Å². The zero-order valence-electron chi connectivity index (χ0n) is 14.8. The zero-order chi connectivity index (χ0) is 17.5. The van der Waals surface area contributed by atoms with Crippen molar-refractivity contribution in [2.75, 3.05) is 31.1 Å². The van der Waals surface area contributed by atoms with E-state index in [2.05, 4.69) is 15.3 Å². The van der Waals surface area contributed by atoms with Crippen LogP contribution in [0.25, 0.3) is 0 Å². The van der Waals surface area contributed by atoms with Gasteiger partial charge in [0.05, 0.1) is 23.9 Å². The van der Waals surface area contributed by atoms with Crippen LogP contribution in [0, 0.1) is 5.92 Å². The van der Waals surface area contributed by atoms with E-state index >= 15 is 0 Å². The third kappa shape index (κ3) is 5.33. The highest BCUT2D eigenvalue weighted by Gasteiger charge is 2.26. The van der Waals surface area contributed by atoms with Gasteiger partial charge in [0.2, 0.25) is 5.91 Å². The summed E-state index contributed by atoms with van der Waals surface area (Å²) in [7, 11) is 1.63. The number of aryl methyl sites for hydroxylation is 1. The smallest absolute Gasteiger partial charge is 0.268 e. The molecule has 134 valence electrons. The molecule has 1 aromatic heterocycles. The molecule has 1 N–H and O–H groups in total. The Balaban J connectivity index is 1.82. The molecule has 7 heteroatoms. The molecule has 0 aromatic carbocycles. The van der Waals surface area contributed by atoms with Crippen LogP contribution in [-0.2, 0) is 16.6 Å². The summed E-state index contributed by atoms with van der Waals surface area (Å²) < 4.78 is 6.77. The third-order valence-corrected chi connectivity index (χ3v) is 4.18. The van der Waals surface area contributed by atoms with Gasteiger partial charge in [-0.05, 0) is 33.1 Å². The molecule has 2 rings (SSSR count). The van der Waals surface area contributed by atoms with Gasteiger partial charge in [0.25, 0.3) is 5.56 Å². The second-order valence-corrected chi connectivity index (χ2v) is 6.52. The predicted molar refractivity (Wildman–Crippen MR) is 93.1 cm³/mol. The zero-order valence-corrected chi connectivity index (χ0v) is 14.8. The second-order valence-electron chi connectivity index (χ2n) is 6.52.